The molecular formula is C13H18N2O. The van der Waals surface area contributed by atoms with Gasteiger partial charge in [0.1, 0.15) is 6.10 Å². The maximum atomic E-state index is 5.51. The molecule has 16 heavy (non-hydrogen) atoms. The van der Waals surface area contributed by atoms with Crippen molar-refractivity contribution in [2.24, 2.45) is 0 Å². The second-order valence-electron chi connectivity index (χ2n) is 4.12. The Labute approximate surface area is 96.5 Å². The Morgan fingerprint density at radius 3 is 3.00 bits per heavy atom. The van der Waals surface area contributed by atoms with Crippen LogP contribution in [0, 0.1) is 0 Å². The highest BCUT2D eigenvalue weighted by Crippen LogP contribution is 2.13. The molecule has 2 rings (SSSR count). The third-order valence-corrected chi connectivity index (χ3v) is 2.88. The number of rotatable bonds is 4. The molecule has 1 aliphatic rings. The monoisotopic (exact) mass is 218 g/mol. The number of allylic oxidation sites excluding steroid dienone is 1. The van der Waals surface area contributed by atoms with E-state index in [0.29, 0.717) is 12.1 Å². The summed E-state index contributed by atoms with van der Waals surface area (Å²) in [6.45, 7) is 3.06. The Hall–Kier alpha value is -1.35. The minimum absolute atomic E-state index is 0.314. The van der Waals surface area contributed by atoms with E-state index in [1.54, 1.807) is 0 Å². The van der Waals surface area contributed by atoms with Crippen molar-refractivity contribution in [1.82, 2.24) is 10.3 Å². The first-order valence-electron chi connectivity index (χ1n) is 5.80. The minimum Gasteiger partial charge on any atom is -0.497 e. The standard InChI is InChI=1S/C13H18N2O/c1-11(12-5-7-14-8-6-12)15-10-13-4-2-3-9-16-13/h3,5-9,11,13,15H,2,4,10H2,1H3/t11-,13?/m1/s1. The van der Waals surface area contributed by atoms with Crippen LogP contribution in [0.2, 0.25) is 0 Å². The molecule has 1 unspecified atom stereocenters. The highest BCUT2D eigenvalue weighted by Gasteiger charge is 2.12. The predicted molar refractivity (Wildman–Crippen MR) is 63.9 cm³/mol. The molecule has 1 aromatic heterocycles. The summed E-state index contributed by atoms with van der Waals surface area (Å²) in [5.41, 5.74) is 1.27. The van der Waals surface area contributed by atoms with Crippen molar-refractivity contribution in [1.29, 1.82) is 0 Å². The highest BCUT2D eigenvalue weighted by atomic mass is 16.5. The summed E-state index contributed by atoms with van der Waals surface area (Å²) in [6, 6.07) is 4.43. The summed E-state index contributed by atoms with van der Waals surface area (Å²) in [5.74, 6) is 0. The van der Waals surface area contributed by atoms with Crippen molar-refractivity contribution < 1.29 is 4.74 Å². The number of nitrogens with one attached hydrogen (secondary N) is 1. The molecule has 1 aromatic rings. The van der Waals surface area contributed by atoms with Gasteiger partial charge in [-0.15, -0.1) is 0 Å². The zero-order valence-electron chi connectivity index (χ0n) is 9.60. The van der Waals surface area contributed by atoms with Crippen LogP contribution in [-0.4, -0.2) is 17.6 Å². The van der Waals surface area contributed by atoms with Gasteiger partial charge in [-0.05, 0) is 43.5 Å². The van der Waals surface area contributed by atoms with E-state index in [9.17, 15) is 0 Å². The average molecular weight is 218 g/mol. The molecule has 86 valence electrons. The van der Waals surface area contributed by atoms with E-state index in [1.165, 1.54) is 5.56 Å². The molecule has 0 fully saturated rings. The van der Waals surface area contributed by atoms with Crippen LogP contribution in [0.15, 0.2) is 36.9 Å². The van der Waals surface area contributed by atoms with Crippen LogP contribution in [0.3, 0.4) is 0 Å². The lowest BCUT2D eigenvalue weighted by atomic mass is 10.1. The van der Waals surface area contributed by atoms with Gasteiger partial charge in [-0.2, -0.15) is 0 Å². The van der Waals surface area contributed by atoms with Gasteiger partial charge in [0.25, 0.3) is 0 Å². The van der Waals surface area contributed by atoms with E-state index in [2.05, 4.69) is 23.3 Å². The number of nitrogens with zero attached hydrogens (tertiary/aromatic N) is 1. The maximum absolute atomic E-state index is 5.51. The second-order valence-corrected chi connectivity index (χ2v) is 4.12. The first-order valence-corrected chi connectivity index (χ1v) is 5.80. The molecular weight excluding hydrogens is 200 g/mol. The van der Waals surface area contributed by atoms with Gasteiger partial charge in [0.05, 0.1) is 6.26 Å². The number of hydrogen-bond donors (Lipinski definition) is 1. The quantitative estimate of drug-likeness (QED) is 0.842. The predicted octanol–water partition coefficient (Wildman–Crippen LogP) is 2.42. The van der Waals surface area contributed by atoms with Crippen LogP contribution >= 0.6 is 0 Å². The molecule has 0 saturated carbocycles. The Bertz CT molecular complexity index is 337. The lowest BCUT2D eigenvalue weighted by Gasteiger charge is -2.22. The van der Waals surface area contributed by atoms with Crippen LogP contribution in [0.5, 0.6) is 0 Å². The summed E-state index contributed by atoms with van der Waals surface area (Å²) in [4.78, 5) is 4.02. The molecule has 0 saturated heterocycles. The summed E-state index contributed by atoms with van der Waals surface area (Å²) in [6.07, 6.45) is 10.1. The van der Waals surface area contributed by atoms with E-state index < -0.39 is 0 Å². The minimum atomic E-state index is 0.314. The summed E-state index contributed by atoms with van der Waals surface area (Å²) < 4.78 is 5.51. The van der Waals surface area contributed by atoms with Gasteiger partial charge in [-0.3, -0.25) is 4.98 Å². The molecule has 1 N–H and O–H groups in total. The van der Waals surface area contributed by atoms with Gasteiger partial charge >= 0.3 is 0 Å². The third-order valence-electron chi connectivity index (χ3n) is 2.88. The number of aromatic nitrogens is 1. The number of hydrogen-bond acceptors (Lipinski definition) is 3. The van der Waals surface area contributed by atoms with Crippen LogP contribution in [0.25, 0.3) is 0 Å². The SMILES string of the molecule is C[C@@H](NCC1CCC=CO1)c1ccncc1. The molecule has 3 heteroatoms. The van der Waals surface area contributed by atoms with Crippen molar-refractivity contribution in [3.05, 3.63) is 42.4 Å². The fourth-order valence-electron chi connectivity index (χ4n) is 1.81. The third kappa shape index (κ3) is 3.07. The lowest BCUT2D eigenvalue weighted by Crippen LogP contribution is -2.31. The molecule has 2 heterocycles. The molecule has 1 aliphatic heterocycles. The van der Waals surface area contributed by atoms with E-state index in [4.69, 9.17) is 4.74 Å². The molecule has 0 aliphatic carbocycles. The topological polar surface area (TPSA) is 34.1 Å². The smallest absolute Gasteiger partial charge is 0.110 e. The fraction of sp³-hybridized carbons (Fsp3) is 0.462. The van der Waals surface area contributed by atoms with Gasteiger partial charge in [-0.1, -0.05) is 0 Å². The summed E-state index contributed by atoms with van der Waals surface area (Å²) >= 11 is 0. The molecule has 3 nitrogen and oxygen atoms in total. The van der Waals surface area contributed by atoms with Crippen LogP contribution in [0.4, 0.5) is 0 Å². The second kappa shape index (κ2) is 5.66. The van der Waals surface area contributed by atoms with Crippen molar-refractivity contribution in [3.63, 3.8) is 0 Å². The van der Waals surface area contributed by atoms with Gasteiger partial charge in [0.2, 0.25) is 0 Å². The highest BCUT2D eigenvalue weighted by molar-refractivity contribution is 5.13. The van der Waals surface area contributed by atoms with Gasteiger partial charge in [0, 0.05) is 25.0 Å². The van der Waals surface area contributed by atoms with E-state index in [-0.39, 0.29) is 0 Å². The van der Waals surface area contributed by atoms with E-state index >= 15 is 0 Å². The van der Waals surface area contributed by atoms with Crippen molar-refractivity contribution >= 4 is 0 Å². The van der Waals surface area contributed by atoms with E-state index in [1.807, 2.05) is 30.8 Å². The lowest BCUT2D eigenvalue weighted by molar-refractivity contribution is 0.120. The molecule has 0 bridgehead atoms. The fourth-order valence-corrected chi connectivity index (χ4v) is 1.81. The summed E-state index contributed by atoms with van der Waals surface area (Å²) in [7, 11) is 0. The average Bonchev–Trinajstić information content (AvgIpc) is 2.38. The molecule has 2 atom stereocenters. The van der Waals surface area contributed by atoms with Crippen LogP contribution in [0.1, 0.15) is 31.4 Å². The van der Waals surface area contributed by atoms with Crippen molar-refractivity contribution in [3.8, 4) is 0 Å². The normalized spacial score (nSPS) is 21.4. The van der Waals surface area contributed by atoms with Crippen molar-refractivity contribution in [2.45, 2.75) is 31.9 Å². The Balaban J connectivity index is 1.79. The molecule has 0 amide bonds. The zero-order chi connectivity index (χ0) is 11.2. The van der Waals surface area contributed by atoms with Crippen molar-refractivity contribution in [2.75, 3.05) is 6.54 Å². The first kappa shape index (κ1) is 11.1. The Morgan fingerprint density at radius 1 is 1.50 bits per heavy atom. The Kier molecular flexibility index (Phi) is 3.94. The number of pyridine rings is 1. The van der Waals surface area contributed by atoms with Gasteiger partial charge in [-0.25, -0.2) is 0 Å². The van der Waals surface area contributed by atoms with Crippen LogP contribution < -0.4 is 5.32 Å². The Morgan fingerprint density at radius 2 is 2.31 bits per heavy atom. The van der Waals surface area contributed by atoms with Gasteiger partial charge < -0.3 is 10.1 Å². The summed E-state index contributed by atoms with van der Waals surface area (Å²) in [5, 5.41) is 3.48. The van der Waals surface area contributed by atoms with Gasteiger partial charge in [0.15, 0.2) is 0 Å². The largest absolute Gasteiger partial charge is 0.497 e. The first-order chi connectivity index (χ1) is 7.86. The molecule has 0 radical (unpaired) electrons. The molecule has 0 aromatic carbocycles. The molecule has 0 spiro atoms. The maximum Gasteiger partial charge on any atom is 0.110 e. The number of ether oxygens (including phenoxy) is 1. The van der Waals surface area contributed by atoms with Crippen LogP contribution in [-0.2, 0) is 4.74 Å². The van der Waals surface area contributed by atoms with E-state index in [0.717, 1.165) is 19.4 Å². The zero-order valence-corrected chi connectivity index (χ0v) is 9.60.